The molecule has 3 N–H and O–H groups in total. The molecule has 2 aromatic carbocycles. The molecule has 0 spiro atoms. The molecule has 186 valence electrons. The van der Waals surface area contributed by atoms with E-state index in [1.807, 2.05) is 24.3 Å². The van der Waals surface area contributed by atoms with Gasteiger partial charge in [0, 0.05) is 18.9 Å². The number of amides is 2. The van der Waals surface area contributed by atoms with Crippen molar-refractivity contribution in [2.24, 2.45) is 0 Å². The van der Waals surface area contributed by atoms with E-state index in [-0.39, 0.29) is 24.9 Å². The summed E-state index contributed by atoms with van der Waals surface area (Å²) in [6.45, 7) is 0.730. The largest absolute Gasteiger partial charge is 0.481 e. The van der Waals surface area contributed by atoms with E-state index >= 15 is 0 Å². The molecule has 0 unspecified atom stereocenters. The van der Waals surface area contributed by atoms with Crippen LogP contribution in [0.2, 0.25) is 0 Å². The van der Waals surface area contributed by atoms with Gasteiger partial charge in [-0.15, -0.1) is 0 Å². The van der Waals surface area contributed by atoms with E-state index in [0.717, 1.165) is 43.2 Å². The monoisotopic (exact) mass is 478 g/mol. The van der Waals surface area contributed by atoms with Gasteiger partial charge in [-0.05, 0) is 47.9 Å². The van der Waals surface area contributed by atoms with Crippen LogP contribution in [0, 0.1) is 0 Å². The predicted molar refractivity (Wildman–Crippen MR) is 133 cm³/mol. The van der Waals surface area contributed by atoms with Crippen LogP contribution in [0.3, 0.4) is 0 Å². The second-order valence-electron chi connectivity index (χ2n) is 9.55. The second kappa shape index (κ2) is 11.4. The lowest BCUT2D eigenvalue weighted by atomic mass is 9.96. The summed E-state index contributed by atoms with van der Waals surface area (Å²) in [7, 11) is 0. The minimum absolute atomic E-state index is 0.0253. The molecule has 0 aliphatic heterocycles. The molecule has 7 nitrogen and oxygen atoms in total. The standard InChI is InChI=1S/C28H34N2O5/c31-25(32)15-3-1-2-10-18-29-26(33)28(16-8-9-17-28)30-27(34)35-19-24-22-13-6-4-11-20(22)21-12-5-7-14-23(21)24/h4-7,11-14,24H,1-3,8-10,15-19H2,(H,29,33)(H,30,34)(H,31,32). The van der Waals surface area contributed by atoms with Gasteiger partial charge >= 0.3 is 12.1 Å². The van der Waals surface area contributed by atoms with E-state index in [0.29, 0.717) is 25.8 Å². The number of benzene rings is 2. The molecule has 2 aliphatic carbocycles. The van der Waals surface area contributed by atoms with Gasteiger partial charge < -0.3 is 20.5 Å². The first kappa shape index (κ1) is 24.8. The van der Waals surface area contributed by atoms with E-state index in [1.165, 1.54) is 11.1 Å². The average Bonchev–Trinajstić information content (AvgIpc) is 3.45. The van der Waals surface area contributed by atoms with Crippen molar-refractivity contribution in [3.05, 3.63) is 59.7 Å². The van der Waals surface area contributed by atoms with Crippen molar-refractivity contribution in [3.8, 4) is 11.1 Å². The van der Waals surface area contributed by atoms with Gasteiger partial charge in [-0.25, -0.2) is 4.79 Å². The van der Waals surface area contributed by atoms with E-state index < -0.39 is 17.6 Å². The number of rotatable bonds is 11. The minimum Gasteiger partial charge on any atom is -0.481 e. The van der Waals surface area contributed by atoms with Crippen LogP contribution in [0.4, 0.5) is 4.79 Å². The van der Waals surface area contributed by atoms with Crippen molar-refractivity contribution >= 4 is 18.0 Å². The quantitative estimate of drug-likeness (QED) is 0.395. The van der Waals surface area contributed by atoms with Crippen molar-refractivity contribution in [2.45, 2.75) is 69.2 Å². The topological polar surface area (TPSA) is 105 Å². The molecule has 0 radical (unpaired) electrons. The molecule has 4 rings (SSSR count). The van der Waals surface area contributed by atoms with Crippen LogP contribution in [0.15, 0.2) is 48.5 Å². The molecule has 2 aromatic rings. The van der Waals surface area contributed by atoms with Crippen molar-refractivity contribution in [3.63, 3.8) is 0 Å². The molecule has 0 bridgehead atoms. The summed E-state index contributed by atoms with van der Waals surface area (Å²) >= 11 is 0. The highest BCUT2D eigenvalue weighted by atomic mass is 16.5. The summed E-state index contributed by atoms with van der Waals surface area (Å²) in [4.78, 5) is 36.4. The highest BCUT2D eigenvalue weighted by Crippen LogP contribution is 2.44. The first-order valence-corrected chi connectivity index (χ1v) is 12.6. The zero-order valence-corrected chi connectivity index (χ0v) is 20.1. The molecular formula is C28H34N2O5. The highest BCUT2D eigenvalue weighted by molar-refractivity contribution is 5.90. The Balaban J connectivity index is 1.29. The summed E-state index contributed by atoms with van der Waals surface area (Å²) in [6.07, 6.45) is 5.70. The van der Waals surface area contributed by atoms with Gasteiger partial charge in [-0.3, -0.25) is 9.59 Å². The SMILES string of the molecule is O=C(O)CCCCCCNC(=O)C1(NC(=O)OCC2c3ccccc3-c3ccccc32)CCCC1. The predicted octanol–water partition coefficient (Wildman–Crippen LogP) is 4.99. The summed E-state index contributed by atoms with van der Waals surface area (Å²) in [6, 6.07) is 16.4. The molecular weight excluding hydrogens is 444 g/mol. The zero-order valence-electron chi connectivity index (χ0n) is 20.1. The second-order valence-corrected chi connectivity index (χ2v) is 9.55. The number of unbranched alkanes of at least 4 members (excludes halogenated alkanes) is 3. The van der Waals surface area contributed by atoms with E-state index in [9.17, 15) is 14.4 Å². The molecule has 0 aromatic heterocycles. The average molecular weight is 479 g/mol. The molecule has 0 saturated heterocycles. The molecule has 2 amide bonds. The van der Waals surface area contributed by atoms with Gasteiger partial charge in [0.25, 0.3) is 0 Å². The number of aliphatic carboxylic acids is 1. The molecule has 7 heteroatoms. The molecule has 2 aliphatic rings. The third-order valence-electron chi connectivity index (χ3n) is 7.18. The number of alkyl carbamates (subject to hydrolysis) is 1. The normalized spacial score (nSPS) is 15.8. The minimum atomic E-state index is -0.925. The van der Waals surface area contributed by atoms with E-state index in [1.54, 1.807) is 0 Å². The first-order chi connectivity index (χ1) is 17.0. The van der Waals surface area contributed by atoms with Gasteiger partial charge in [-0.2, -0.15) is 0 Å². The Labute approximate surface area is 206 Å². The van der Waals surface area contributed by atoms with E-state index in [2.05, 4.69) is 34.9 Å². The Hall–Kier alpha value is -3.35. The maximum Gasteiger partial charge on any atom is 0.408 e. The lowest BCUT2D eigenvalue weighted by molar-refractivity contribution is -0.137. The Bertz CT molecular complexity index is 1020. The number of hydrogen-bond acceptors (Lipinski definition) is 4. The van der Waals surface area contributed by atoms with Crippen molar-refractivity contribution in [1.82, 2.24) is 10.6 Å². The van der Waals surface area contributed by atoms with Crippen LogP contribution < -0.4 is 10.6 Å². The van der Waals surface area contributed by atoms with Gasteiger partial charge in [0.1, 0.15) is 12.1 Å². The summed E-state index contributed by atoms with van der Waals surface area (Å²) in [5.41, 5.74) is 3.72. The highest BCUT2D eigenvalue weighted by Gasteiger charge is 2.43. The maximum absolute atomic E-state index is 13.0. The summed E-state index contributed by atoms with van der Waals surface area (Å²) in [5, 5.41) is 14.6. The number of fused-ring (bicyclic) bond motifs is 3. The fraction of sp³-hybridized carbons (Fsp3) is 0.464. The fourth-order valence-electron chi connectivity index (χ4n) is 5.34. The number of carboxylic acids is 1. The van der Waals surface area contributed by atoms with Crippen LogP contribution in [0.5, 0.6) is 0 Å². The Morgan fingerprint density at radius 2 is 1.49 bits per heavy atom. The Kier molecular flexibility index (Phi) is 8.06. The Morgan fingerprint density at radius 3 is 2.11 bits per heavy atom. The molecule has 0 atom stereocenters. The fourth-order valence-corrected chi connectivity index (χ4v) is 5.34. The molecule has 0 heterocycles. The van der Waals surface area contributed by atoms with Crippen LogP contribution in [-0.2, 0) is 14.3 Å². The molecule has 1 saturated carbocycles. The summed E-state index contributed by atoms with van der Waals surface area (Å²) < 4.78 is 5.69. The smallest absolute Gasteiger partial charge is 0.408 e. The number of nitrogens with one attached hydrogen (secondary N) is 2. The molecule has 1 fully saturated rings. The van der Waals surface area contributed by atoms with Crippen LogP contribution in [0.1, 0.15) is 74.8 Å². The first-order valence-electron chi connectivity index (χ1n) is 12.6. The lowest BCUT2D eigenvalue weighted by Gasteiger charge is -2.29. The Morgan fingerprint density at radius 1 is 0.886 bits per heavy atom. The number of hydrogen-bond donors (Lipinski definition) is 3. The van der Waals surface area contributed by atoms with Crippen LogP contribution in [0.25, 0.3) is 11.1 Å². The zero-order chi connectivity index (χ0) is 24.7. The summed E-state index contributed by atoms with van der Waals surface area (Å²) in [5.74, 6) is -0.961. The maximum atomic E-state index is 13.0. The number of ether oxygens (including phenoxy) is 1. The van der Waals surface area contributed by atoms with Gasteiger partial charge in [0.05, 0.1) is 0 Å². The number of carboxylic acid groups (broad SMARTS) is 1. The van der Waals surface area contributed by atoms with Crippen LogP contribution in [-0.4, -0.2) is 41.8 Å². The third-order valence-corrected chi connectivity index (χ3v) is 7.18. The number of carbonyl (C=O) groups excluding carboxylic acids is 2. The van der Waals surface area contributed by atoms with Crippen molar-refractivity contribution in [2.75, 3.05) is 13.2 Å². The van der Waals surface area contributed by atoms with Gasteiger partial charge in [0.2, 0.25) is 5.91 Å². The van der Waals surface area contributed by atoms with Gasteiger partial charge in [-0.1, -0.05) is 74.2 Å². The van der Waals surface area contributed by atoms with Gasteiger partial charge in [0.15, 0.2) is 0 Å². The van der Waals surface area contributed by atoms with Crippen LogP contribution >= 0.6 is 0 Å². The van der Waals surface area contributed by atoms with Crippen molar-refractivity contribution in [1.29, 1.82) is 0 Å². The van der Waals surface area contributed by atoms with E-state index in [4.69, 9.17) is 9.84 Å². The van der Waals surface area contributed by atoms with Crippen molar-refractivity contribution < 1.29 is 24.2 Å². The number of carbonyl (C=O) groups is 3. The lowest BCUT2D eigenvalue weighted by Crippen LogP contribution is -2.57. The molecule has 35 heavy (non-hydrogen) atoms. The third kappa shape index (κ3) is 5.84.